The van der Waals surface area contributed by atoms with Crippen molar-refractivity contribution in [3.63, 3.8) is 0 Å². The Balaban J connectivity index is 2.48. The van der Waals surface area contributed by atoms with E-state index in [4.69, 9.17) is 5.11 Å². The molecule has 1 aromatic carbocycles. The summed E-state index contributed by atoms with van der Waals surface area (Å²) in [7, 11) is 0. The third-order valence-corrected chi connectivity index (χ3v) is 2.51. The lowest BCUT2D eigenvalue weighted by atomic mass is 10.1. The number of aliphatic hydroxyl groups is 1. The molecular formula is C8H6N2O3S. The molecule has 5 nitrogen and oxygen atoms in total. The maximum absolute atomic E-state index is 10.5. The average Bonchev–Trinajstić information content (AvgIpc) is 2.62. The third-order valence-electron chi connectivity index (χ3n) is 1.82. The van der Waals surface area contributed by atoms with E-state index in [0.29, 0.717) is 11.1 Å². The lowest BCUT2D eigenvalue weighted by Gasteiger charge is -2.04. The van der Waals surface area contributed by atoms with Crippen molar-refractivity contribution < 1.29 is 15.0 Å². The molecule has 0 radical (unpaired) electrons. The predicted octanol–water partition coefficient (Wildman–Crippen LogP) is 0.809. The number of aliphatic hydroxyl groups excluding tert-OH is 1. The van der Waals surface area contributed by atoms with Gasteiger partial charge in [0.2, 0.25) is 0 Å². The highest BCUT2D eigenvalue weighted by molar-refractivity contribution is 7.12. The summed E-state index contributed by atoms with van der Waals surface area (Å²) in [4.78, 5) is 10.5. The number of benzene rings is 1. The molecule has 14 heavy (non-hydrogen) atoms. The summed E-state index contributed by atoms with van der Waals surface area (Å²) in [5.41, 5.74) is 1.05. The molecule has 1 heterocycles. The minimum absolute atomic E-state index is 0.344. The van der Waals surface area contributed by atoms with Crippen molar-refractivity contribution in [2.75, 3.05) is 0 Å². The molecule has 0 spiro atoms. The zero-order chi connectivity index (χ0) is 10.1. The number of aromatic nitrogens is 2. The smallest absolute Gasteiger partial charge is 0.337 e. The van der Waals surface area contributed by atoms with Gasteiger partial charge >= 0.3 is 5.97 Å². The number of carboxylic acids is 1. The number of aliphatic carboxylic acids is 1. The molecule has 0 aliphatic rings. The Kier molecular flexibility index (Phi) is 2.14. The van der Waals surface area contributed by atoms with Gasteiger partial charge < -0.3 is 10.2 Å². The molecule has 2 aromatic rings. The van der Waals surface area contributed by atoms with Gasteiger partial charge in [0.1, 0.15) is 5.52 Å². The molecule has 2 N–H and O–H groups in total. The molecular weight excluding hydrogens is 204 g/mol. The van der Waals surface area contributed by atoms with Crippen molar-refractivity contribution in [3.05, 3.63) is 23.8 Å². The molecule has 0 aliphatic heterocycles. The van der Waals surface area contributed by atoms with Crippen LogP contribution in [-0.4, -0.2) is 25.8 Å². The van der Waals surface area contributed by atoms with Gasteiger partial charge in [0.25, 0.3) is 0 Å². The third kappa shape index (κ3) is 1.45. The van der Waals surface area contributed by atoms with Crippen LogP contribution in [0.4, 0.5) is 0 Å². The summed E-state index contributed by atoms with van der Waals surface area (Å²) in [6.07, 6.45) is -1.48. The van der Waals surface area contributed by atoms with E-state index in [2.05, 4.69) is 9.59 Å². The quantitative estimate of drug-likeness (QED) is 0.766. The zero-order valence-corrected chi connectivity index (χ0v) is 7.73. The second-order valence-corrected chi connectivity index (χ2v) is 3.53. The first-order valence-corrected chi connectivity index (χ1v) is 4.59. The van der Waals surface area contributed by atoms with Crippen LogP contribution in [0.3, 0.4) is 0 Å². The lowest BCUT2D eigenvalue weighted by molar-refractivity contribution is -0.146. The fourth-order valence-corrected chi connectivity index (χ4v) is 1.72. The Bertz CT molecular complexity index is 482. The van der Waals surface area contributed by atoms with Crippen LogP contribution in [0.2, 0.25) is 0 Å². The Labute approximate surface area is 82.8 Å². The van der Waals surface area contributed by atoms with E-state index >= 15 is 0 Å². The number of carbonyl (C=O) groups is 1. The molecule has 1 aromatic heterocycles. The number of fused-ring (bicyclic) bond motifs is 1. The second kappa shape index (κ2) is 3.32. The number of carboxylic acid groups (broad SMARTS) is 1. The summed E-state index contributed by atoms with van der Waals surface area (Å²) < 4.78 is 4.48. The second-order valence-electron chi connectivity index (χ2n) is 2.74. The standard InChI is InChI=1S/C8H6N2O3S/c11-7(8(12)13)4-1-2-5-6(3-4)14-10-9-5/h1-3,7,11H,(H,12,13). The highest BCUT2D eigenvalue weighted by atomic mass is 32.1. The Morgan fingerprint density at radius 1 is 1.50 bits per heavy atom. The van der Waals surface area contributed by atoms with E-state index in [1.807, 2.05) is 0 Å². The average molecular weight is 210 g/mol. The molecule has 6 heteroatoms. The van der Waals surface area contributed by atoms with Gasteiger partial charge in [-0.1, -0.05) is 10.6 Å². The van der Waals surface area contributed by atoms with Crippen molar-refractivity contribution in [2.45, 2.75) is 6.10 Å². The summed E-state index contributed by atoms with van der Waals surface area (Å²) in [6.45, 7) is 0. The molecule has 0 aliphatic carbocycles. The van der Waals surface area contributed by atoms with E-state index in [1.54, 1.807) is 12.1 Å². The number of hydrogen-bond acceptors (Lipinski definition) is 5. The first-order valence-electron chi connectivity index (χ1n) is 3.81. The van der Waals surface area contributed by atoms with Gasteiger partial charge in [-0.05, 0) is 29.2 Å². The van der Waals surface area contributed by atoms with Crippen LogP contribution in [-0.2, 0) is 4.79 Å². The summed E-state index contributed by atoms with van der Waals surface area (Å²) in [5, 5.41) is 21.6. The van der Waals surface area contributed by atoms with Crippen LogP contribution in [0.1, 0.15) is 11.7 Å². The molecule has 0 amide bonds. The van der Waals surface area contributed by atoms with E-state index in [9.17, 15) is 9.90 Å². The fourth-order valence-electron chi connectivity index (χ4n) is 1.11. The minimum Gasteiger partial charge on any atom is -0.479 e. The Morgan fingerprint density at radius 3 is 3.00 bits per heavy atom. The van der Waals surface area contributed by atoms with Crippen LogP contribution in [0, 0.1) is 0 Å². The zero-order valence-electron chi connectivity index (χ0n) is 6.91. The Hall–Kier alpha value is -1.53. The molecule has 1 unspecified atom stereocenters. The summed E-state index contributed by atoms with van der Waals surface area (Å²) in [6, 6.07) is 4.75. The first kappa shape index (κ1) is 9.04. The normalized spacial score (nSPS) is 12.9. The van der Waals surface area contributed by atoms with Crippen LogP contribution < -0.4 is 0 Å². The van der Waals surface area contributed by atoms with Gasteiger partial charge in [-0.15, -0.1) is 5.10 Å². The predicted molar refractivity (Wildman–Crippen MR) is 50.0 cm³/mol. The van der Waals surface area contributed by atoms with E-state index < -0.39 is 12.1 Å². The molecule has 0 fully saturated rings. The molecule has 1 atom stereocenters. The molecule has 0 saturated carbocycles. The lowest BCUT2D eigenvalue weighted by Crippen LogP contribution is -2.09. The van der Waals surface area contributed by atoms with Gasteiger partial charge in [-0.2, -0.15) is 0 Å². The number of hydrogen-bond donors (Lipinski definition) is 2. The highest BCUT2D eigenvalue weighted by Gasteiger charge is 2.16. The SMILES string of the molecule is O=C(O)C(O)c1ccc2nnsc2c1. The fraction of sp³-hybridized carbons (Fsp3) is 0.125. The van der Waals surface area contributed by atoms with E-state index in [0.717, 1.165) is 4.70 Å². The highest BCUT2D eigenvalue weighted by Crippen LogP contribution is 2.21. The number of nitrogens with zero attached hydrogens (tertiary/aromatic N) is 2. The molecule has 0 saturated heterocycles. The van der Waals surface area contributed by atoms with Crippen molar-refractivity contribution in [3.8, 4) is 0 Å². The minimum atomic E-state index is -1.48. The van der Waals surface area contributed by atoms with Crippen LogP contribution in [0.5, 0.6) is 0 Å². The number of rotatable bonds is 2. The van der Waals surface area contributed by atoms with Crippen molar-refractivity contribution in [1.82, 2.24) is 9.59 Å². The maximum Gasteiger partial charge on any atom is 0.337 e. The van der Waals surface area contributed by atoms with Gasteiger partial charge in [-0.25, -0.2) is 4.79 Å². The van der Waals surface area contributed by atoms with E-state index in [1.165, 1.54) is 17.6 Å². The van der Waals surface area contributed by atoms with Crippen molar-refractivity contribution in [1.29, 1.82) is 0 Å². The molecule has 72 valence electrons. The van der Waals surface area contributed by atoms with Gasteiger partial charge in [0, 0.05) is 0 Å². The Morgan fingerprint density at radius 2 is 2.29 bits per heavy atom. The monoisotopic (exact) mass is 210 g/mol. The van der Waals surface area contributed by atoms with E-state index in [-0.39, 0.29) is 0 Å². The van der Waals surface area contributed by atoms with Gasteiger partial charge in [0.15, 0.2) is 6.10 Å². The molecule has 0 bridgehead atoms. The largest absolute Gasteiger partial charge is 0.479 e. The summed E-state index contributed by atoms with van der Waals surface area (Å²) >= 11 is 1.17. The first-order chi connectivity index (χ1) is 6.68. The molecule has 2 rings (SSSR count). The maximum atomic E-state index is 10.5. The van der Waals surface area contributed by atoms with Crippen LogP contribution in [0.15, 0.2) is 18.2 Å². The van der Waals surface area contributed by atoms with Crippen molar-refractivity contribution in [2.24, 2.45) is 0 Å². The van der Waals surface area contributed by atoms with Crippen molar-refractivity contribution >= 4 is 27.7 Å². The van der Waals surface area contributed by atoms with Gasteiger partial charge in [-0.3, -0.25) is 0 Å². The van der Waals surface area contributed by atoms with Crippen LogP contribution >= 0.6 is 11.5 Å². The van der Waals surface area contributed by atoms with Gasteiger partial charge in [0.05, 0.1) is 4.70 Å². The topological polar surface area (TPSA) is 83.3 Å². The summed E-state index contributed by atoms with van der Waals surface area (Å²) in [5.74, 6) is -1.26. The van der Waals surface area contributed by atoms with Crippen LogP contribution in [0.25, 0.3) is 10.2 Å².